The van der Waals surface area contributed by atoms with Gasteiger partial charge in [0.15, 0.2) is 0 Å². The molecule has 0 aliphatic heterocycles. The third-order valence-electron chi connectivity index (χ3n) is 1.57. The topological polar surface area (TPSA) is 55.5 Å². The Bertz CT molecular complexity index is 253. The lowest BCUT2D eigenvalue weighted by atomic mass is 10.1. The molecule has 0 unspecified atom stereocenters. The third-order valence-corrected chi connectivity index (χ3v) is 1.57. The van der Waals surface area contributed by atoms with Crippen LogP contribution in [-0.2, 0) is 0 Å². The summed E-state index contributed by atoms with van der Waals surface area (Å²) >= 11 is 0. The van der Waals surface area contributed by atoms with Gasteiger partial charge in [0.2, 0.25) is 0 Å². The molecule has 0 aromatic heterocycles. The first-order valence-electron chi connectivity index (χ1n) is 3.72. The number of hydrogen-bond acceptors (Lipinski definition) is 3. The van der Waals surface area contributed by atoms with E-state index < -0.39 is 0 Å². The second kappa shape index (κ2) is 4.14. The molecule has 3 N–H and O–H groups in total. The molecule has 0 aliphatic carbocycles. The van der Waals surface area contributed by atoms with Crippen LogP contribution in [0.15, 0.2) is 24.3 Å². The van der Waals surface area contributed by atoms with Crippen LogP contribution in [0.25, 0.3) is 0 Å². The quantitative estimate of drug-likeness (QED) is 0.643. The SMILES string of the molecule is C[C@H](N)c1cccc(O[B]O)c1. The molecule has 1 atom stereocenters. The van der Waals surface area contributed by atoms with Gasteiger partial charge >= 0.3 is 7.69 Å². The van der Waals surface area contributed by atoms with E-state index in [1.54, 1.807) is 12.1 Å². The van der Waals surface area contributed by atoms with E-state index in [-0.39, 0.29) is 6.04 Å². The largest absolute Gasteiger partial charge is 0.569 e. The van der Waals surface area contributed by atoms with Gasteiger partial charge in [-0.25, -0.2) is 0 Å². The maximum absolute atomic E-state index is 8.37. The van der Waals surface area contributed by atoms with E-state index in [0.717, 1.165) is 5.56 Å². The highest BCUT2D eigenvalue weighted by molar-refractivity contribution is 6.17. The standard InChI is InChI=1S/C8H11BNO2/c1-6(10)7-3-2-4-8(5-7)12-9-11/h2-6,11H,10H2,1H3/t6-/m0/s1. The fourth-order valence-corrected chi connectivity index (χ4v) is 0.932. The zero-order valence-electron chi connectivity index (χ0n) is 6.90. The van der Waals surface area contributed by atoms with Crippen molar-refractivity contribution in [2.24, 2.45) is 5.73 Å². The van der Waals surface area contributed by atoms with Crippen molar-refractivity contribution < 1.29 is 9.68 Å². The molecule has 1 rings (SSSR count). The summed E-state index contributed by atoms with van der Waals surface area (Å²) in [5, 5.41) is 8.37. The summed E-state index contributed by atoms with van der Waals surface area (Å²) in [5.74, 6) is 0.590. The van der Waals surface area contributed by atoms with Crippen molar-refractivity contribution in [1.82, 2.24) is 0 Å². The molecule has 4 heteroatoms. The zero-order chi connectivity index (χ0) is 8.97. The van der Waals surface area contributed by atoms with Crippen LogP contribution in [-0.4, -0.2) is 12.7 Å². The van der Waals surface area contributed by atoms with Crippen molar-refractivity contribution in [3.8, 4) is 5.75 Å². The molecule has 1 radical (unpaired) electrons. The average Bonchev–Trinajstić information content (AvgIpc) is 2.05. The minimum absolute atomic E-state index is 0.0211. The van der Waals surface area contributed by atoms with Gasteiger partial charge in [-0.15, -0.1) is 0 Å². The molecule has 63 valence electrons. The van der Waals surface area contributed by atoms with Crippen LogP contribution >= 0.6 is 0 Å². The second-order valence-corrected chi connectivity index (χ2v) is 2.58. The lowest BCUT2D eigenvalue weighted by molar-refractivity contribution is 0.453. The van der Waals surface area contributed by atoms with E-state index in [9.17, 15) is 0 Å². The maximum Gasteiger partial charge on any atom is 0.569 e. The molecule has 0 spiro atoms. The fourth-order valence-electron chi connectivity index (χ4n) is 0.932. The predicted molar refractivity (Wildman–Crippen MR) is 47.6 cm³/mol. The second-order valence-electron chi connectivity index (χ2n) is 2.58. The van der Waals surface area contributed by atoms with Gasteiger partial charge in [0.05, 0.1) is 0 Å². The van der Waals surface area contributed by atoms with E-state index >= 15 is 0 Å². The Morgan fingerprint density at radius 1 is 1.58 bits per heavy atom. The van der Waals surface area contributed by atoms with Gasteiger partial charge < -0.3 is 15.4 Å². The van der Waals surface area contributed by atoms with E-state index in [0.29, 0.717) is 13.4 Å². The Morgan fingerprint density at radius 2 is 2.33 bits per heavy atom. The van der Waals surface area contributed by atoms with E-state index in [2.05, 4.69) is 0 Å². The molecule has 1 aromatic carbocycles. The molecule has 0 saturated carbocycles. The van der Waals surface area contributed by atoms with Crippen LogP contribution < -0.4 is 10.4 Å². The monoisotopic (exact) mass is 164 g/mol. The zero-order valence-corrected chi connectivity index (χ0v) is 6.90. The third kappa shape index (κ3) is 2.25. The number of benzene rings is 1. The molecule has 0 heterocycles. The van der Waals surface area contributed by atoms with Gasteiger partial charge in [-0.2, -0.15) is 0 Å². The van der Waals surface area contributed by atoms with E-state index in [1.807, 2.05) is 19.1 Å². The molecule has 0 aliphatic rings. The first kappa shape index (κ1) is 9.10. The predicted octanol–water partition coefficient (Wildman–Crippen LogP) is 0.612. The van der Waals surface area contributed by atoms with Crippen LogP contribution in [0, 0.1) is 0 Å². The summed E-state index contributed by atoms with van der Waals surface area (Å²) in [6.45, 7) is 1.89. The molecular weight excluding hydrogens is 153 g/mol. The Kier molecular flexibility index (Phi) is 3.14. The summed E-state index contributed by atoms with van der Waals surface area (Å²) < 4.78 is 4.77. The van der Waals surface area contributed by atoms with E-state index in [1.165, 1.54) is 0 Å². The Morgan fingerprint density at radius 3 is 2.92 bits per heavy atom. The number of nitrogens with two attached hydrogens (primary N) is 1. The molecule has 0 bridgehead atoms. The van der Waals surface area contributed by atoms with Crippen LogP contribution in [0.5, 0.6) is 5.75 Å². The van der Waals surface area contributed by atoms with Gasteiger partial charge in [-0.1, -0.05) is 12.1 Å². The lowest BCUT2D eigenvalue weighted by Gasteiger charge is -2.07. The summed E-state index contributed by atoms with van der Waals surface area (Å²) in [4.78, 5) is 0. The van der Waals surface area contributed by atoms with Crippen molar-refractivity contribution in [2.45, 2.75) is 13.0 Å². The van der Waals surface area contributed by atoms with Crippen LogP contribution in [0.1, 0.15) is 18.5 Å². The number of rotatable bonds is 3. The molecular formula is C8H11BNO2. The van der Waals surface area contributed by atoms with Gasteiger partial charge in [-0.05, 0) is 24.6 Å². The van der Waals surface area contributed by atoms with Gasteiger partial charge in [0, 0.05) is 6.04 Å². The Labute approximate surface area is 72.5 Å². The minimum atomic E-state index is -0.0211. The average molecular weight is 164 g/mol. The number of hydrogen-bond donors (Lipinski definition) is 2. The molecule has 0 amide bonds. The molecule has 0 fully saturated rings. The molecule has 1 aromatic rings. The van der Waals surface area contributed by atoms with Crippen LogP contribution in [0.3, 0.4) is 0 Å². The lowest BCUT2D eigenvalue weighted by Crippen LogP contribution is -2.06. The van der Waals surface area contributed by atoms with Crippen LogP contribution in [0.2, 0.25) is 0 Å². The van der Waals surface area contributed by atoms with Crippen LogP contribution in [0.4, 0.5) is 0 Å². The highest BCUT2D eigenvalue weighted by atomic mass is 16.5. The van der Waals surface area contributed by atoms with Crippen molar-refractivity contribution in [2.75, 3.05) is 0 Å². The van der Waals surface area contributed by atoms with Crippen molar-refractivity contribution in [3.05, 3.63) is 29.8 Å². The summed E-state index contributed by atoms with van der Waals surface area (Å²) in [5.41, 5.74) is 6.63. The van der Waals surface area contributed by atoms with Crippen molar-refractivity contribution in [3.63, 3.8) is 0 Å². The first-order chi connectivity index (χ1) is 5.74. The highest BCUT2D eigenvalue weighted by Crippen LogP contribution is 2.16. The summed E-state index contributed by atoms with van der Waals surface area (Å²) in [6, 6.07) is 7.26. The van der Waals surface area contributed by atoms with Crippen molar-refractivity contribution in [1.29, 1.82) is 0 Å². The molecule has 0 saturated heterocycles. The Balaban J connectivity index is 2.81. The van der Waals surface area contributed by atoms with Crippen molar-refractivity contribution >= 4 is 7.69 Å². The Hall–Kier alpha value is -0.995. The smallest absolute Gasteiger partial charge is 0.537 e. The first-order valence-corrected chi connectivity index (χ1v) is 3.72. The highest BCUT2D eigenvalue weighted by Gasteiger charge is 2.00. The van der Waals surface area contributed by atoms with E-state index in [4.69, 9.17) is 15.4 Å². The maximum atomic E-state index is 8.37. The normalized spacial score (nSPS) is 12.2. The fraction of sp³-hybridized carbons (Fsp3) is 0.250. The van der Waals surface area contributed by atoms with Gasteiger partial charge in [-0.3, -0.25) is 0 Å². The van der Waals surface area contributed by atoms with Gasteiger partial charge in [0.25, 0.3) is 0 Å². The summed E-state index contributed by atoms with van der Waals surface area (Å²) in [7, 11) is 0.653. The molecule has 3 nitrogen and oxygen atoms in total. The summed E-state index contributed by atoms with van der Waals surface area (Å²) in [6.07, 6.45) is 0. The van der Waals surface area contributed by atoms with Gasteiger partial charge in [0.1, 0.15) is 5.75 Å². The molecule has 12 heavy (non-hydrogen) atoms. The minimum Gasteiger partial charge on any atom is -0.537 e.